The molecule has 14 heavy (non-hydrogen) atoms. The Morgan fingerprint density at radius 3 is 0.571 bits per heavy atom. The molecule has 0 amide bonds. The molecule has 0 aromatic heterocycles. The number of hydrogen-bond acceptors (Lipinski definition) is 4. The third-order valence-corrected chi connectivity index (χ3v) is 0. The first-order chi connectivity index (χ1) is 2.00. The molecular formula is H16CdO12S. The molecule has 0 saturated heterocycles. The van der Waals surface area contributed by atoms with E-state index >= 15 is 0 Å². The largest absolute Gasteiger partial charge is 2.00 e. The van der Waals surface area contributed by atoms with Crippen molar-refractivity contribution >= 4 is 10.4 Å². The van der Waals surface area contributed by atoms with Gasteiger partial charge in [-0.05, 0) is 0 Å². The van der Waals surface area contributed by atoms with E-state index in [9.17, 15) is 0 Å². The second-order valence-electron chi connectivity index (χ2n) is 0.408. The zero-order valence-corrected chi connectivity index (χ0v) is 11.6. The summed E-state index contributed by atoms with van der Waals surface area (Å²) in [4.78, 5) is 0. The first-order valence-electron chi connectivity index (χ1n) is 0.667. The maximum absolute atomic E-state index is 8.52. The molecule has 0 fully saturated rings. The van der Waals surface area contributed by atoms with Gasteiger partial charge in [0.25, 0.3) is 0 Å². The van der Waals surface area contributed by atoms with E-state index in [0.29, 0.717) is 0 Å². The normalized spacial score (nSPS) is 4.14. The summed E-state index contributed by atoms with van der Waals surface area (Å²) < 4.78 is 34.1. The monoisotopic (exact) mass is 354 g/mol. The fourth-order valence-corrected chi connectivity index (χ4v) is 0. The molecule has 0 heterocycles. The van der Waals surface area contributed by atoms with Crippen LogP contribution in [0.2, 0.25) is 0 Å². The first kappa shape index (κ1) is 131. The van der Waals surface area contributed by atoms with Crippen LogP contribution in [0.3, 0.4) is 0 Å². The van der Waals surface area contributed by atoms with Crippen molar-refractivity contribution in [2.24, 2.45) is 0 Å². The Morgan fingerprint density at radius 1 is 0.571 bits per heavy atom. The van der Waals surface area contributed by atoms with Crippen molar-refractivity contribution in [3.8, 4) is 0 Å². The fourth-order valence-electron chi connectivity index (χ4n) is 0. The van der Waals surface area contributed by atoms with Crippen LogP contribution in [-0.2, 0) is 37.7 Å². The van der Waals surface area contributed by atoms with E-state index < -0.39 is 10.4 Å². The Morgan fingerprint density at radius 2 is 0.571 bits per heavy atom. The Balaban J connectivity index is -0.00000000222. The van der Waals surface area contributed by atoms with Gasteiger partial charge in [-0.3, -0.25) is 8.42 Å². The molecule has 0 spiro atoms. The summed E-state index contributed by atoms with van der Waals surface area (Å²) in [6.07, 6.45) is 0. The van der Waals surface area contributed by atoms with Gasteiger partial charge in [0.15, 0.2) is 0 Å². The molecule has 0 aliphatic heterocycles. The zero-order chi connectivity index (χ0) is 4.50. The van der Waals surface area contributed by atoms with Crippen LogP contribution >= 0.6 is 0 Å². The SMILES string of the molecule is O.O.O.O.O.O.O.O.O=S(=O)([O-])[O-].[Cd+2]. The van der Waals surface area contributed by atoms with Crippen molar-refractivity contribution in [2.75, 3.05) is 0 Å². The Kier molecular flexibility index (Phi) is 469. The molecule has 0 radical (unpaired) electrons. The predicted molar refractivity (Wildman–Crippen MR) is 39.4 cm³/mol. The molecule has 0 aliphatic carbocycles. The van der Waals surface area contributed by atoms with E-state index in [4.69, 9.17) is 17.5 Å². The summed E-state index contributed by atoms with van der Waals surface area (Å²) in [6.45, 7) is 0. The fraction of sp³-hybridized carbons (Fsp3) is 0. The molecule has 96 valence electrons. The summed E-state index contributed by atoms with van der Waals surface area (Å²) in [6, 6.07) is 0. The van der Waals surface area contributed by atoms with Crippen molar-refractivity contribution in [1.82, 2.24) is 0 Å². The van der Waals surface area contributed by atoms with E-state index in [1.54, 1.807) is 0 Å². The summed E-state index contributed by atoms with van der Waals surface area (Å²) in [5, 5.41) is 0. The number of rotatable bonds is 0. The van der Waals surface area contributed by atoms with E-state index in [1.807, 2.05) is 0 Å². The maximum atomic E-state index is 8.52. The van der Waals surface area contributed by atoms with Crippen molar-refractivity contribution in [2.45, 2.75) is 0 Å². The second kappa shape index (κ2) is 50.0. The van der Waals surface area contributed by atoms with Crippen LogP contribution in [0, 0.1) is 0 Å². The summed E-state index contributed by atoms with van der Waals surface area (Å²) in [5.41, 5.74) is 0. The Hall–Kier alpha value is 0.472. The Labute approximate surface area is 99.1 Å². The molecule has 0 bridgehead atoms. The minimum atomic E-state index is -5.17. The standard InChI is InChI=1S/Cd.H2O4S.8H2O/c;1-5(2,3)4;;;;;;;;/h;(H2,1,2,3,4);8*1H2/q+2;;;;;;;;;/p-2. The molecule has 0 rings (SSSR count). The van der Waals surface area contributed by atoms with Crippen LogP contribution < -0.4 is 0 Å². The smallest absolute Gasteiger partial charge is 0.759 e. The van der Waals surface area contributed by atoms with Gasteiger partial charge in [0.2, 0.25) is 0 Å². The minimum absolute atomic E-state index is 0. The van der Waals surface area contributed by atoms with Crippen molar-refractivity contribution < 1.29 is 88.6 Å². The molecular weight excluding hydrogens is 336 g/mol. The van der Waals surface area contributed by atoms with Crippen LogP contribution in [-0.4, -0.2) is 61.3 Å². The molecule has 0 unspecified atom stereocenters. The third-order valence-electron chi connectivity index (χ3n) is 0. The molecule has 16 N–H and O–H groups in total. The Bertz CT molecular complexity index is 93.5. The molecule has 14 heteroatoms. The summed E-state index contributed by atoms with van der Waals surface area (Å²) in [5.74, 6) is 0. The van der Waals surface area contributed by atoms with Crippen LogP contribution in [0.15, 0.2) is 0 Å². The van der Waals surface area contributed by atoms with Gasteiger partial charge in [-0.25, -0.2) is 0 Å². The average molecular weight is 353 g/mol. The van der Waals surface area contributed by atoms with Gasteiger partial charge in [0.1, 0.15) is 0 Å². The van der Waals surface area contributed by atoms with E-state index in [1.165, 1.54) is 0 Å². The van der Waals surface area contributed by atoms with E-state index in [-0.39, 0.29) is 71.1 Å². The molecule has 0 aromatic carbocycles. The van der Waals surface area contributed by atoms with Gasteiger partial charge in [-0.2, -0.15) is 0 Å². The quantitative estimate of drug-likeness (QED) is 0.232. The van der Waals surface area contributed by atoms with Gasteiger partial charge < -0.3 is 52.9 Å². The molecule has 0 saturated carbocycles. The topological polar surface area (TPSA) is 332 Å². The second-order valence-corrected chi connectivity index (χ2v) is 1.22. The summed E-state index contributed by atoms with van der Waals surface area (Å²) in [7, 11) is -5.17. The van der Waals surface area contributed by atoms with Gasteiger partial charge >= 0.3 is 27.3 Å². The van der Waals surface area contributed by atoms with Crippen molar-refractivity contribution in [3.63, 3.8) is 0 Å². The van der Waals surface area contributed by atoms with Gasteiger partial charge in [-0.1, -0.05) is 0 Å². The summed E-state index contributed by atoms with van der Waals surface area (Å²) >= 11 is 0. The van der Waals surface area contributed by atoms with Crippen molar-refractivity contribution in [3.05, 3.63) is 0 Å². The average Bonchev–Trinajstić information content (AvgIpc) is 0.722. The van der Waals surface area contributed by atoms with Gasteiger partial charge in [0, 0.05) is 10.4 Å². The van der Waals surface area contributed by atoms with Crippen LogP contribution in [0.25, 0.3) is 0 Å². The predicted octanol–water partition coefficient (Wildman–Crippen LogP) is -7.94. The van der Waals surface area contributed by atoms with Gasteiger partial charge in [0.05, 0.1) is 0 Å². The maximum Gasteiger partial charge on any atom is 2.00 e. The molecule has 0 atom stereocenters. The van der Waals surface area contributed by atoms with Gasteiger partial charge in [-0.15, -0.1) is 0 Å². The van der Waals surface area contributed by atoms with Crippen LogP contribution in [0.1, 0.15) is 0 Å². The molecule has 12 nitrogen and oxygen atoms in total. The van der Waals surface area contributed by atoms with Crippen molar-refractivity contribution in [1.29, 1.82) is 0 Å². The van der Waals surface area contributed by atoms with E-state index in [2.05, 4.69) is 0 Å². The van der Waals surface area contributed by atoms with E-state index in [0.717, 1.165) is 0 Å². The molecule has 0 aromatic rings. The zero-order valence-electron chi connectivity index (χ0n) is 6.75. The third kappa shape index (κ3) is 7370. The van der Waals surface area contributed by atoms with Crippen LogP contribution in [0.4, 0.5) is 0 Å². The number of hydrogen-bond donors (Lipinski definition) is 0. The first-order valence-corrected chi connectivity index (χ1v) is 2.00. The van der Waals surface area contributed by atoms with Crippen LogP contribution in [0.5, 0.6) is 0 Å². The minimum Gasteiger partial charge on any atom is -0.759 e. The molecule has 0 aliphatic rings.